The van der Waals surface area contributed by atoms with Crippen molar-refractivity contribution in [3.05, 3.63) is 28.8 Å². The van der Waals surface area contributed by atoms with E-state index in [1.807, 2.05) is 6.07 Å². The molecule has 1 atom stereocenters. The number of aromatic nitrogens is 1. The Hall–Kier alpha value is -1.46. The van der Waals surface area contributed by atoms with Crippen LogP contribution in [0.2, 0.25) is 0 Å². The van der Waals surface area contributed by atoms with Crippen LogP contribution in [-0.2, 0) is 11.2 Å². The Labute approximate surface area is 109 Å². The minimum atomic E-state index is -0.139. The largest absolute Gasteiger partial charge is 0.353 e. The fraction of sp³-hybridized carbons (Fsp3) is 0.385. The predicted molar refractivity (Wildman–Crippen MR) is 72.9 cm³/mol. The highest BCUT2D eigenvalue weighted by atomic mass is 32.1. The molecule has 18 heavy (non-hydrogen) atoms. The number of amides is 1. The summed E-state index contributed by atoms with van der Waals surface area (Å²) in [6.07, 6.45) is 0.671. The number of hydrogen-bond donors (Lipinski definition) is 2. The second kappa shape index (κ2) is 4.66. The van der Waals surface area contributed by atoms with E-state index in [0.717, 1.165) is 17.1 Å². The lowest BCUT2D eigenvalue weighted by Gasteiger charge is -2.22. The molecule has 94 valence electrons. The molecule has 3 rings (SSSR count). The minimum Gasteiger partial charge on any atom is -0.353 e. The third-order valence-electron chi connectivity index (χ3n) is 3.10. The zero-order valence-corrected chi connectivity index (χ0v) is 11.0. The van der Waals surface area contributed by atoms with E-state index in [-0.39, 0.29) is 11.9 Å². The van der Waals surface area contributed by atoms with Crippen LogP contribution in [0.3, 0.4) is 0 Å². The Kier molecular flexibility index (Phi) is 3.01. The highest BCUT2D eigenvalue weighted by Gasteiger charge is 2.22. The van der Waals surface area contributed by atoms with Gasteiger partial charge in [0.1, 0.15) is 0 Å². The number of thiazole rings is 1. The predicted octanol–water partition coefficient (Wildman–Crippen LogP) is 1.24. The number of benzene rings is 1. The normalized spacial score (nSPS) is 20.1. The molecule has 4 nitrogen and oxygen atoms in total. The van der Waals surface area contributed by atoms with Crippen LogP contribution < -0.4 is 10.6 Å². The van der Waals surface area contributed by atoms with Crippen LogP contribution in [0.15, 0.2) is 18.2 Å². The van der Waals surface area contributed by atoms with Crippen molar-refractivity contribution in [1.82, 2.24) is 15.6 Å². The van der Waals surface area contributed by atoms with Gasteiger partial charge in [0.25, 0.3) is 0 Å². The lowest BCUT2D eigenvalue weighted by atomic mass is 10.1. The lowest BCUT2D eigenvalue weighted by molar-refractivity contribution is -0.124. The molecule has 2 aromatic rings. The van der Waals surface area contributed by atoms with Crippen molar-refractivity contribution in [2.45, 2.75) is 19.4 Å². The van der Waals surface area contributed by atoms with Gasteiger partial charge in [0.15, 0.2) is 0 Å². The Morgan fingerprint density at radius 2 is 2.33 bits per heavy atom. The van der Waals surface area contributed by atoms with Crippen molar-refractivity contribution in [2.24, 2.45) is 0 Å². The zero-order valence-electron chi connectivity index (χ0n) is 10.2. The van der Waals surface area contributed by atoms with Crippen LogP contribution in [0, 0.1) is 6.92 Å². The first kappa shape index (κ1) is 11.6. The maximum atomic E-state index is 11.7. The van der Waals surface area contributed by atoms with Crippen LogP contribution in [0.4, 0.5) is 0 Å². The van der Waals surface area contributed by atoms with Crippen LogP contribution >= 0.6 is 11.3 Å². The van der Waals surface area contributed by atoms with Gasteiger partial charge < -0.3 is 10.6 Å². The molecule has 0 bridgehead atoms. The number of fused-ring (bicyclic) bond motifs is 1. The Morgan fingerprint density at radius 3 is 3.17 bits per heavy atom. The maximum Gasteiger partial charge on any atom is 0.237 e. The molecule has 0 aliphatic carbocycles. The molecule has 1 amide bonds. The summed E-state index contributed by atoms with van der Waals surface area (Å²) in [5.74, 6) is 0.0803. The summed E-state index contributed by atoms with van der Waals surface area (Å²) in [5, 5.41) is 7.12. The summed E-state index contributed by atoms with van der Waals surface area (Å²) in [6, 6.07) is 6.11. The highest BCUT2D eigenvalue weighted by molar-refractivity contribution is 7.18. The van der Waals surface area contributed by atoms with E-state index in [2.05, 4.69) is 34.7 Å². The molecule has 1 fully saturated rings. The average Bonchev–Trinajstić information content (AvgIpc) is 2.73. The molecule has 1 aliphatic rings. The number of carbonyl (C=O) groups excluding carboxylic acids is 1. The number of aryl methyl sites for hydroxylation is 1. The van der Waals surface area contributed by atoms with Crippen molar-refractivity contribution in [3.8, 4) is 0 Å². The molecular weight excluding hydrogens is 246 g/mol. The lowest BCUT2D eigenvalue weighted by Crippen LogP contribution is -2.53. The fourth-order valence-corrected chi connectivity index (χ4v) is 3.27. The molecule has 1 unspecified atom stereocenters. The van der Waals surface area contributed by atoms with Gasteiger partial charge in [-0.05, 0) is 24.6 Å². The summed E-state index contributed by atoms with van der Waals surface area (Å²) in [4.78, 5) is 16.3. The van der Waals surface area contributed by atoms with Gasteiger partial charge in [0, 0.05) is 19.5 Å². The Bertz CT molecular complexity index is 593. The van der Waals surface area contributed by atoms with Gasteiger partial charge in [-0.15, -0.1) is 11.3 Å². The molecule has 1 saturated heterocycles. The molecule has 5 heteroatoms. The molecule has 1 aliphatic heterocycles. The van der Waals surface area contributed by atoms with Gasteiger partial charge in [0.2, 0.25) is 5.91 Å². The van der Waals surface area contributed by atoms with E-state index < -0.39 is 0 Å². The molecular formula is C13H15N3OS. The fourth-order valence-electron chi connectivity index (χ4n) is 2.15. The van der Waals surface area contributed by atoms with E-state index in [9.17, 15) is 4.79 Å². The standard InChI is InChI=1S/C13H15N3OS/c1-8-2-3-9-11(6-8)18-12(16-9)7-10-13(17)15-5-4-14-10/h2-3,6,10,14H,4-5,7H2,1H3,(H,15,17). The van der Waals surface area contributed by atoms with Crippen molar-refractivity contribution in [2.75, 3.05) is 13.1 Å². The number of carbonyl (C=O) groups is 1. The van der Waals surface area contributed by atoms with Gasteiger partial charge in [-0.3, -0.25) is 4.79 Å². The highest BCUT2D eigenvalue weighted by Crippen LogP contribution is 2.24. The van der Waals surface area contributed by atoms with Crippen LogP contribution in [-0.4, -0.2) is 30.0 Å². The van der Waals surface area contributed by atoms with E-state index in [0.29, 0.717) is 13.0 Å². The molecule has 2 heterocycles. The summed E-state index contributed by atoms with van der Waals surface area (Å²) in [5.41, 5.74) is 2.27. The minimum absolute atomic E-state index is 0.0803. The first-order valence-electron chi connectivity index (χ1n) is 6.09. The molecule has 0 radical (unpaired) electrons. The number of rotatable bonds is 2. The quantitative estimate of drug-likeness (QED) is 0.855. The van der Waals surface area contributed by atoms with Gasteiger partial charge in [-0.1, -0.05) is 6.07 Å². The van der Waals surface area contributed by atoms with Gasteiger partial charge in [-0.25, -0.2) is 4.98 Å². The number of piperazine rings is 1. The average molecular weight is 261 g/mol. The number of hydrogen-bond acceptors (Lipinski definition) is 4. The van der Waals surface area contributed by atoms with E-state index in [4.69, 9.17) is 0 Å². The number of nitrogens with one attached hydrogen (secondary N) is 2. The summed E-state index contributed by atoms with van der Waals surface area (Å²) >= 11 is 1.68. The molecule has 1 aromatic carbocycles. The summed E-state index contributed by atoms with van der Waals surface area (Å²) < 4.78 is 1.20. The van der Waals surface area contributed by atoms with Crippen LogP contribution in [0.25, 0.3) is 10.2 Å². The van der Waals surface area contributed by atoms with Gasteiger partial charge in [-0.2, -0.15) is 0 Å². The SMILES string of the molecule is Cc1ccc2nc(CC3NCCNC3=O)sc2c1. The topological polar surface area (TPSA) is 54.0 Å². The van der Waals surface area contributed by atoms with E-state index >= 15 is 0 Å². The van der Waals surface area contributed by atoms with Gasteiger partial charge in [0.05, 0.1) is 21.3 Å². The third-order valence-corrected chi connectivity index (χ3v) is 4.14. The molecule has 1 aromatic heterocycles. The van der Waals surface area contributed by atoms with Crippen LogP contribution in [0.5, 0.6) is 0 Å². The van der Waals surface area contributed by atoms with E-state index in [1.54, 1.807) is 11.3 Å². The second-order valence-electron chi connectivity index (χ2n) is 4.58. The van der Waals surface area contributed by atoms with Crippen LogP contribution in [0.1, 0.15) is 10.6 Å². The van der Waals surface area contributed by atoms with Gasteiger partial charge >= 0.3 is 0 Å². The summed E-state index contributed by atoms with van der Waals surface area (Å²) in [7, 11) is 0. The number of nitrogens with zero attached hydrogens (tertiary/aromatic N) is 1. The van der Waals surface area contributed by atoms with Crippen molar-refractivity contribution < 1.29 is 4.79 Å². The smallest absolute Gasteiger partial charge is 0.237 e. The first-order valence-corrected chi connectivity index (χ1v) is 6.91. The van der Waals surface area contributed by atoms with Crippen molar-refractivity contribution in [3.63, 3.8) is 0 Å². The second-order valence-corrected chi connectivity index (χ2v) is 5.70. The van der Waals surface area contributed by atoms with Crippen molar-refractivity contribution >= 4 is 27.5 Å². The molecule has 0 saturated carbocycles. The maximum absolute atomic E-state index is 11.7. The van der Waals surface area contributed by atoms with Crippen molar-refractivity contribution in [1.29, 1.82) is 0 Å². The monoisotopic (exact) mass is 261 g/mol. The zero-order chi connectivity index (χ0) is 12.5. The Balaban J connectivity index is 1.84. The summed E-state index contributed by atoms with van der Waals surface area (Å²) in [6.45, 7) is 3.63. The molecule has 0 spiro atoms. The van der Waals surface area contributed by atoms with E-state index in [1.165, 1.54) is 10.3 Å². The Morgan fingerprint density at radius 1 is 1.44 bits per heavy atom. The first-order chi connectivity index (χ1) is 8.72. The molecule has 2 N–H and O–H groups in total. The third kappa shape index (κ3) is 2.23.